The molecule has 2 aliphatic rings. The number of nitrogens with zero attached hydrogens (tertiary/aromatic N) is 1. The van der Waals surface area contributed by atoms with Crippen LogP contribution in [0.1, 0.15) is 76.7 Å². The molecule has 6 amide bonds. The number of ketones is 1. The summed E-state index contributed by atoms with van der Waals surface area (Å²) >= 11 is 0. The van der Waals surface area contributed by atoms with Gasteiger partial charge in [0.1, 0.15) is 11.2 Å². The van der Waals surface area contributed by atoms with E-state index in [-0.39, 0.29) is 61.3 Å². The molecule has 1 aromatic rings. The number of imide groups is 1. The molecule has 1 unspecified atom stereocenters. The number of benzene rings is 1. The predicted molar refractivity (Wildman–Crippen MR) is 155 cm³/mol. The van der Waals surface area contributed by atoms with Crippen molar-refractivity contribution in [3.63, 3.8) is 0 Å². The second-order valence-electron chi connectivity index (χ2n) is 11.3. The third-order valence-electron chi connectivity index (χ3n) is 8.21. The quantitative estimate of drug-likeness (QED) is 0.0988. The highest BCUT2D eigenvalue weighted by atomic mass is 16.3. The average molecular weight is 587 g/mol. The van der Waals surface area contributed by atoms with Crippen molar-refractivity contribution >= 4 is 41.1 Å². The van der Waals surface area contributed by atoms with Crippen LogP contribution in [0.15, 0.2) is 24.3 Å². The Labute approximate surface area is 247 Å². The van der Waals surface area contributed by atoms with E-state index in [1.54, 1.807) is 31.2 Å². The van der Waals surface area contributed by atoms with Gasteiger partial charge in [0, 0.05) is 50.0 Å². The van der Waals surface area contributed by atoms with Gasteiger partial charge in [-0.3, -0.25) is 28.9 Å². The summed E-state index contributed by atoms with van der Waals surface area (Å²) in [6.07, 6.45) is 4.46. The van der Waals surface area contributed by atoms with Crippen LogP contribution in [0, 0.1) is 17.3 Å². The molecule has 6 N–H and O–H groups in total. The Balaban J connectivity index is 1.52. The fraction of sp³-hybridized carbons (Fsp3) is 0.600. The van der Waals surface area contributed by atoms with E-state index in [4.69, 9.17) is 7.16 Å². The molecule has 3 rings (SSSR count). The highest BCUT2D eigenvalue weighted by Crippen LogP contribution is 2.44. The predicted octanol–water partition coefficient (Wildman–Crippen LogP) is 1.99. The Kier molecular flexibility index (Phi) is 11.4. The van der Waals surface area contributed by atoms with E-state index in [2.05, 4.69) is 21.1 Å². The van der Waals surface area contributed by atoms with Crippen LogP contribution in [-0.2, 0) is 30.6 Å². The van der Waals surface area contributed by atoms with Crippen molar-refractivity contribution < 1.29 is 33.9 Å². The Bertz CT molecular complexity index is 1170. The van der Waals surface area contributed by atoms with E-state index >= 15 is 0 Å². The van der Waals surface area contributed by atoms with Crippen LogP contribution in [0.25, 0.3) is 0 Å². The SMILES string of the molecule is [2H]OCc1ccc(NC(=O)[C@H](CCCNC(N)=O)CC(=O)C2(C(=O)NCCCCCN3C(=O)CC(C)C3=O)CCC2)cc1. The van der Waals surface area contributed by atoms with Gasteiger partial charge in [-0.05, 0) is 62.6 Å². The van der Waals surface area contributed by atoms with E-state index in [0.717, 1.165) is 12.0 Å². The molecule has 1 aliphatic heterocycles. The number of hydrogen-bond donors (Lipinski definition) is 5. The molecule has 1 saturated carbocycles. The largest absolute Gasteiger partial charge is 0.392 e. The number of aliphatic hydroxyl groups excluding tert-OH is 1. The fourth-order valence-corrected chi connectivity index (χ4v) is 5.42. The van der Waals surface area contributed by atoms with Crippen LogP contribution in [0.4, 0.5) is 10.5 Å². The fourth-order valence-electron chi connectivity index (χ4n) is 5.42. The number of unbranched alkanes of at least 4 members (excludes halogenated alkanes) is 2. The van der Waals surface area contributed by atoms with Gasteiger partial charge in [0.25, 0.3) is 0 Å². The molecular weight excluding hydrogens is 542 g/mol. The third-order valence-corrected chi connectivity index (χ3v) is 8.21. The Morgan fingerprint density at radius 2 is 1.79 bits per heavy atom. The van der Waals surface area contributed by atoms with Crippen molar-refractivity contribution in [3.8, 4) is 0 Å². The summed E-state index contributed by atoms with van der Waals surface area (Å²) in [7, 11) is 0. The molecule has 1 saturated heterocycles. The number of Topliss-reactive ketones (excluding diaryl/α,β-unsaturated/α-hetero) is 1. The maximum atomic E-state index is 13.6. The zero-order valence-electron chi connectivity index (χ0n) is 25.2. The van der Waals surface area contributed by atoms with Crippen molar-refractivity contribution in [3.05, 3.63) is 29.8 Å². The minimum atomic E-state index is -1.16. The number of likely N-dealkylation sites (tertiary alicyclic amines) is 1. The number of nitrogens with one attached hydrogen (secondary N) is 3. The maximum absolute atomic E-state index is 13.6. The number of aliphatic hydroxyl groups is 1. The zero-order valence-corrected chi connectivity index (χ0v) is 24.2. The van der Waals surface area contributed by atoms with Crippen LogP contribution in [0.5, 0.6) is 0 Å². The molecule has 0 spiro atoms. The third kappa shape index (κ3) is 8.60. The first kappa shape index (κ1) is 31.1. The van der Waals surface area contributed by atoms with E-state index in [0.29, 0.717) is 63.7 Å². The van der Waals surface area contributed by atoms with Gasteiger partial charge in [-0.2, -0.15) is 0 Å². The number of carbonyl (C=O) groups excluding carboxylic acids is 6. The molecule has 1 aromatic carbocycles. The number of anilines is 1. The number of nitrogens with two attached hydrogens (primary N) is 1. The lowest BCUT2D eigenvalue weighted by Crippen LogP contribution is -2.52. The molecule has 12 heteroatoms. The summed E-state index contributed by atoms with van der Waals surface area (Å²) in [5.41, 5.74) is 5.26. The van der Waals surface area contributed by atoms with Gasteiger partial charge in [0.15, 0.2) is 0 Å². The molecule has 0 radical (unpaired) electrons. The molecule has 12 nitrogen and oxygen atoms in total. The molecule has 42 heavy (non-hydrogen) atoms. The first-order valence-corrected chi connectivity index (χ1v) is 14.7. The number of hydrogen-bond acceptors (Lipinski definition) is 7. The van der Waals surface area contributed by atoms with E-state index in [1.807, 2.05) is 0 Å². The van der Waals surface area contributed by atoms with Gasteiger partial charge in [0.2, 0.25) is 25.1 Å². The van der Waals surface area contributed by atoms with Crippen molar-refractivity contribution in [1.82, 2.24) is 15.5 Å². The first-order chi connectivity index (χ1) is 20.6. The standard InChI is InChI=1S/C30H43N5O7/c1-20-17-25(38)35(27(20)40)16-4-2-3-14-32-28(41)30(12-6-13-30)24(37)18-22(7-5-15-33-29(31)42)26(39)34-23-10-8-21(19-36)9-11-23/h8-11,20,22,36H,2-7,12-19H2,1H3,(H,32,41)(H,34,39)(H3,31,33,42)/t20?,22-/m1/s1/i36D. The van der Waals surface area contributed by atoms with Gasteiger partial charge >= 0.3 is 6.03 Å². The summed E-state index contributed by atoms with van der Waals surface area (Å²) in [5, 5.41) is 12.6. The van der Waals surface area contributed by atoms with E-state index < -0.39 is 17.4 Å². The highest BCUT2D eigenvalue weighted by molar-refractivity contribution is 6.08. The topological polar surface area (TPSA) is 188 Å². The minimum Gasteiger partial charge on any atom is -0.392 e. The van der Waals surface area contributed by atoms with Gasteiger partial charge in [-0.25, -0.2) is 4.79 Å². The van der Waals surface area contributed by atoms with Crippen molar-refractivity contribution in [2.45, 2.75) is 77.7 Å². The summed E-state index contributed by atoms with van der Waals surface area (Å²) in [4.78, 5) is 76.3. The van der Waals surface area contributed by atoms with Crippen molar-refractivity contribution in [1.29, 1.82) is 1.43 Å². The second kappa shape index (κ2) is 15.4. The van der Waals surface area contributed by atoms with Gasteiger partial charge in [-0.1, -0.05) is 25.5 Å². The van der Waals surface area contributed by atoms with E-state index in [1.165, 1.54) is 4.90 Å². The van der Waals surface area contributed by atoms with Gasteiger partial charge in [-0.15, -0.1) is 0 Å². The molecule has 1 heterocycles. The van der Waals surface area contributed by atoms with Gasteiger partial charge in [0.05, 0.1) is 6.61 Å². The summed E-state index contributed by atoms with van der Waals surface area (Å²) in [6, 6.07) is 6.14. The zero-order chi connectivity index (χ0) is 31.4. The number of primary amides is 1. The minimum absolute atomic E-state index is 0.113. The molecule has 0 aromatic heterocycles. The molecule has 1 aliphatic carbocycles. The van der Waals surface area contributed by atoms with Crippen LogP contribution in [0.2, 0.25) is 0 Å². The number of carbonyl (C=O) groups is 6. The molecule has 2 fully saturated rings. The summed E-state index contributed by atoms with van der Waals surface area (Å²) in [5.74, 6) is -2.22. The van der Waals surface area contributed by atoms with Crippen LogP contribution in [-0.4, -0.2) is 66.5 Å². The lowest BCUT2D eigenvalue weighted by Gasteiger charge is -2.39. The second-order valence-corrected chi connectivity index (χ2v) is 11.3. The van der Waals surface area contributed by atoms with Gasteiger partial charge < -0.3 is 26.8 Å². The molecule has 0 bridgehead atoms. The molecular formula is C30H43N5O7. The van der Waals surface area contributed by atoms with Crippen LogP contribution in [0.3, 0.4) is 0 Å². The maximum Gasteiger partial charge on any atom is 0.312 e. The lowest BCUT2D eigenvalue weighted by molar-refractivity contribution is -0.149. The van der Waals surface area contributed by atoms with Crippen molar-refractivity contribution in [2.24, 2.45) is 23.0 Å². The number of urea groups is 1. The van der Waals surface area contributed by atoms with E-state index in [9.17, 15) is 28.8 Å². The Morgan fingerprint density at radius 1 is 1.07 bits per heavy atom. The summed E-state index contributed by atoms with van der Waals surface area (Å²) in [6.45, 7) is 2.86. The Morgan fingerprint density at radius 3 is 2.38 bits per heavy atom. The smallest absolute Gasteiger partial charge is 0.312 e. The monoisotopic (exact) mass is 586 g/mol. The molecule has 230 valence electrons. The lowest BCUT2D eigenvalue weighted by atomic mass is 9.63. The van der Waals surface area contributed by atoms with Crippen LogP contribution < -0.4 is 21.7 Å². The summed E-state index contributed by atoms with van der Waals surface area (Å²) < 4.78 is 6.86. The van der Waals surface area contributed by atoms with Crippen molar-refractivity contribution in [2.75, 3.05) is 25.0 Å². The number of rotatable bonds is 18. The average Bonchev–Trinajstić information content (AvgIpc) is 3.18. The highest BCUT2D eigenvalue weighted by Gasteiger charge is 2.50. The Hall–Kier alpha value is -3.80. The normalized spacial score (nSPS) is 18.5. The number of amides is 6. The first-order valence-electron chi connectivity index (χ1n) is 15.1. The molecule has 2 atom stereocenters. The van der Waals surface area contributed by atoms with Crippen LogP contribution >= 0.6 is 0 Å².